The van der Waals surface area contributed by atoms with E-state index in [9.17, 15) is 9.59 Å². The lowest BCUT2D eigenvalue weighted by Gasteiger charge is -2.18. The van der Waals surface area contributed by atoms with Crippen LogP contribution in [-0.4, -0.2) is 45.2 Å². The number of carbonyl (C=O) groups excluding carboxylic acids is 1. The number of benzene rings is 4. The van der Waals surface area contributed by atoms with Crippen LogP contribution in [-0.2, 0) is 6.54 Å². The number of hydrogen-bond donors (Lipinski definition) is 1. The van der Waals surface area contributed by atoms with Crippen molar-refractivity contribution in [3.05, 3.63) is 106 Å². The molecular weight excluding hydrogens is 524 g/mol. The average molecular weight is 555 g/mol. The molecule has 0 aliphatic carbocycles. The number of nitrogens with zero attached hydrogens (tertiary/aromatic N) is 1. The fourth-order valence-corrected chi connectivity index (χ4v) is 5.70. The van der Waals surface area contributed by atoms with Crippen molar-refractivity contribution in [3.63, 3.8) is 0 Å². The Hall–Kier alpha value is -4.40. The maximum atomic E-state index is 13.2. The number of anilines is 1. The van der Waals surface area contributed by atoms with Crippen LogP contribution in [0.25, 0.3) is 20.2 Å². The highest BCUT2D eigenvalue weighted by Crippen LogP contribution is 2.29. The third-order valence-electron chi connectivity index (χ3n) is 6.60. The van der Waals surface area contributed by atoms with E-state index >= 15 is 0 Å². The average Bonchev–Trinajstić information content (AvgIpc) is 2.98. The smallest absolute Gasteiger partial charge is 0.257 e. The summed E-state index contributed by atoms with van der Waals surface area (Å²) in [7, 11) is 5.29. The van der Waals surface area contributed by atoms with Crippen molar-refractivity contribution in [3.8, 4) is 17.2 Å². The zero-order chi connectivity index (χ0) is 28.1. The summed E-state index contributed by atoms with van der Waals surface area (Å²) in [5.74, 6) is 1.87. The van der Waals surface area contributed by atoms with Gasteiger partial charge in [-0.2, -0.15) is 0 Å². The molecule has 4 aromatic carbocycles. The van der Waals surface area contributed by atoms with Crippen molar-refractivity contribution in [1.29, 1.82) is 0 Å². The number of carbonyl (C=O) groups is 1. The van der Waals surface area contributed by atoms with Crippen molar-refractivity contribution >= 4 is 43.1 Å². The summed E-state index contributed by atoms with van der Waals surface area (Å²) in [6.45, 7) is 1.98. The summed E-state index contributed by atoms with van der Waals surface area (Å²) in [4.78, 5) is 28.3. The summed E-state index contributed by atoms with van der Waals surface area (Å²) >= 11 is 1.45. The summed E-state index contributed by atoms with van der Waals surface area (Å²) in [6, 6.07) is 25.9. The molecule has 0 bridgehead atoms. The molecule has 0 saturated carbocycles. The van der Waals surface area contributed by atoms with Crippen molar-refractivity contribution < 1.29 is 19.0 Å². The van der Waals surface area contributed by atoms with E-state index in [2.05, 4.69) is 10.2 Å². The molecule has 8 heteroatoms. The van der Waals surface area contributed by atoms with Gasteiger partial charge >= 0.3 is 0 Å². The maximum Gasteiger partial charge on any atom is 0.257 e. The molecule has 0 radical (unpaired) electrons. The molecular formula is C32H30N2O5S. The van der Waals surface area contributed by atoms with E-state index in [1.807, 2.05) is 73.8 Å². The molecule has 0 spiro atoms. The Kier molecular flexibility index (Phi) is 8.28. The van der Waals surface area contributed by atoms with Gasteiger partial charge in [0.2, 0.25) is 0 Å². The van der Waals surface area contributed by atoms with E-state index in [1.54, 1.807) is 32.4 Å². The summed E-state index contributed by atoms with van der Waals surface area (Å²) in [5, 5.41) is 4.17. The van der Waals surface area contributed by atoms with E-state index in [0.717, 1.165) is 23.4 Å². The Balaban J connectivity index is 1.18. The van der Waals surface area contributed by atoms with Gasteiger partial charge < -0.3 is 19.5 Å². The third-order valence-corrected chi connectivity index (χ3v) is 7.82. The van der Waals surface area contributed by atoms with Crippen molar-refractivity contribution in [2.24, 2.45) is 0 Å². The summed E-state index contributed by atoms with van der Waals surface area (Å²) in [6.07, 6.45) is 0. The molecule has 1 N–H and O–H groups in total. The lowest BCUT2D eigenvalue weighted by atomic mass is 10.1. The normalized spacial score (nSPS) is 11.1. The molecule has 0 saturated heterocycles. The minimum absolute atomic E-state index is 0.0603. The Bertz CT molecular complexity index is 1720. The van der Waals surface area contributed by atoms with E-state index in [1.165, 1.54) is 11.3 Å². The quantitative estimate of drug-likeness (QED) is 0.207. The predicted molar refractivity (Wildman–Crippen MR) is 161 cm³/mol. The number of amides is 1. The SMILES string of the molecule is COc1ccc(CN(C)CCOc2ccc(NC(=O)c3cccc4c(=O)c5ccccc5sc34)cc2)cc1OC. The first-order chi connectivity index (χ1) is 19.5. The second-order valence-electron chi connectivity index (χ2n) is 9.36. The lowest BCUT2D eigenvalue weighted by molar-refractivity contribution is 0.102. The second kappa shape index (κ2) is 12.2. The van der Waals surface area contributed by atoms with Crippen LogP contribution in [0.1, 0.15) is 15.9 Å². The standard InChI is InChI=1S/C32H30N2O5S/c1-34(20-21-11-16-27(37-2)28(19-21)38-3)17-18-39-23-14-12-22(13-15-23)33-32(36)26-9-6-8-25-30(35)24-7-4-5-10-29(24)40-31(25)26/h4-16,19H,17-18,20H2,1-3H3,(H,33,36). The van der Waals surface area contributed by atoms with Crippen molar-refractivity contribution in [2.45, 2.75) is 6.54 Å². The lowest BCUT2D eigenvalue weighted by Crippen LogP contribution is -2.23. The highest BCUT2D eigenvalue weighted by atomic mass is 32.1. The monoisotopic (exact) mass is 554 g/mol. The Morgan fingerprint density at radius 2 is 1.62 bits per heavy atom. The highest BCUT2D eigenvalue weighted by Gasteiger charge is 2.15. The number of ether oxygens (including phenoxy) is 3. The van der Waals surface area contributed by atoms with Crippen LogP contribution in [0.3, 0.4) is 0 Å². The predicted octanol–water partition coefficient (Wildman–Crippen LogP) is 6.20. The molecule has 1 heterocycles. The zero-order valence-electron chi connectivity index (χ0n) is 22.6. The molecule has 1 amide bonds. The van der Waals surface area contributed by atoms with Crippen LogP contribution in [0.2, 0.25) is 0 Å². The fraction of sp³-hybridized carbons (Fsp3) is 0.188. The van der Waals surface area contributed by atoms with Crippen LogP contribution in [0.5, 0.6) is 17.2 Å². The molecule has 0 fully saturated rings. The third kappa shape index (κ3) is 5.93. The Morgan fingerprint density at radius 3 is 2.40 bits per heavy atom. The van der Waals surface area contributed by atoms with Gasteiger partial charge in [-0.15, -0.1) is 11.3 Å². The zero-order valence-corrected chi connectivity index (χ0v) is 23.4. The Morgan fingerprint density at radius 1 is 0.875 bits per heavy atom. The summed E-state index contributed by atoms with van der Waals surface area (Å²) in [5.41, 5.74) is 2.18. The second-order valence-corrected chi connectivity index (χ2v) is 10.4. The van der Waals surface area contributed by atoms with Crippen LogP contribution in [0.15, 0.2) is 89.7 Å². The van der Waals surface area contributed by atoms with Crippen LogP contribution >= 0.6 is 11.3 Å². The number of fused-ring (bicyclic) bond motifs is 2. The molecule has 5 rings (SSSR count). The minimum Gasteiger partial charge on any atom is -0.493 e. The van der Waals surface area contributed by atoms with Crippen LogP contribution < -0.4 is 25.0 Å². The molecule has 0 aliphatic rings. The first kappa shape index (κ1) is 27.2. The fourth-order valence-electron chi connectivity index (χ4n) is 4.52. The number of rotatable bonds is 10. The topological polar surface area (TPSA) is 77.1 Å². The number of hydrogen-bond acceptors (Lipinski definition) is 7. The van der Waals surface area contributed by atoms with E-state index in [0.29, 0.717) is 50.6 Å². The maximum absolute atomic E-state index is 13.2. The molecule has 204 valence electrons. The van der Waals surface area contributed by atoms with Gasteiger partial charge in [-0.05, 0) is 73.3 Å². The largest absolute Gasteiger partial charge is 0.493 e. The van der Waals surface area contributed by atoms with E-state index in [4.69, 9.17) is 14.2 Å². The van der Waals surface area contributed by atoms with Crippen LogP contribution in [0, 0.1) is 0 Å². The van der Waals surface area contributed by atoms with Gasteiger partial charge in [0.15, 0.2) is 16.9 Å². The molecule has 0 unspecified atom stereocenters. The van der Waals surface area contributed by atoms with Gasteiger partial charge in [0.1, 0.15) is 12.4 Å². The number of nitrogens with one attached hydrogen (secondary N) is 1. The van der Waals surface area contributed by atoms with E-state index in [-0.39, 0.29) is 11.3 Å². The molecule has 0 atom stereocenters. The van der Waals surface area contributed by atoms with Gasteiger partial charge in [0.25, 0.3) is 5.91 Å². The molecule has 0 aliphatic heterocycles. The van der Waals surface area contributed by atoms with Gasteiger partial charge in [-0.25, -0.2) is 0 Å². The first-order valence-corrected chi connectivity index (χ1v) is 13.7. The van der Waals surface area contributed by atoms with Crippen molar-refractivity contribution in [2.75, 3.05) is 39.7 Å². The van der Waals surface area contributed by atoms with Gasteiger partial charge in [-0.1, -0.05) is 24.3 Å². The van der Waals surface area contributed by atoms with Crippen molar-refractivity contribution in [1.82, 2.24) is 4.90 Å². The molecule has 7 nitrogen and oxygen atoms in total. The number of methoxy groups -OCH3 is 2. The summed E-state index contributed by atoms with van der Waals surface area (Å²) < 4.78 is 18.2. The van der Waals surface area contributed by atoms with Gasteiger partial charge in [0.05, 0.1) is 24.5 Å². The minimum atomic E-state index is -0.262. The van der Waals surface area contributed by atoms with E-state index < -0.39 is 0 Å². The van der Waals surface area contributed by atoms with Crippen LogP contribution in [0.4, 0.5) is 5.69 Å². The number of likely N-dealkylation sites (N-methyl/N-ethyl adjacent to an activating group) is 1. The molecule has 5 aromatic rings. The van der Waals surface area contributed by atoms with Gasteiger partial charge in [0, 0.05) is 34.2 Å². The molecule has 40 heavy (non-hydrogen) atoms. The Labute approximate surface area is 236 Å². The highest BCUT2D eigenvalue weighted by molar-refractivity contribution is 7.24. The first-order valence-electron chi connectivity index (χ1n) is 12.8. The van der Waals surface area contributed by atoms with Gasteiger partial charge in [-0.3, -0.25) is 14.5 Å². The molecule has 1 aromatic heterocycles.